The molecular weight excluding hydrogens is 249 g/mol. The van der Waals surface area contributed by atoms with Crippen molar-refractivity contribution in [1.82, 2.24) is 4.90 Å². The Morgan fingerprint density at radius 3 is 2.84 bits per heavy atom. The van der Waals surface area contributed by atoms with Crippen LogP contribution in [0, 0.1) is 5.82 Å². The maximum Gasteiger partial charge on any atom is 0.322 e. The molecule has 2 rings (SSSR count). The summed E-state index contributed by atoms with van der Waals surface area (Å²) in [6.07, 6.45) is -0.129. The number of nitrogens with two attached hydrogens (primary N) is 1. The van der Waals surface area contributed by atoms with Gasteiger partial charge < -0.3 is 20.7 Å². The summed E-state index contributed by atoms with van der Waals surface area (Å²) >= 11 is 0. The van der Waals surface area contributed by atoms with Crippen molar-refractivity contribution in [3.8, 4) is 0 Å². The summed E-state index contributed by atoms with van der Waals surface area (Å²) < 4.78 is 18.3. The number of amides is 2. The molecule has 6 heteroatoms. The zero-order valence-corrected chi connectivity index (χ0v) is 10.8. The van der Waals surface area contributed by atoms with Crippen molar-refractivity contribution in [2.75, 3.05) is 25.0 Å². The fraction of sp³-hybridized carbons (Fsp3) is 0.462. The second kappa shape index (κ2) is 5.99. The summed E-state index contributed by atoms with van der Waals surface area (Å²) in [4.78, 5) is 13.8. The van der Waals surface area contributed by atoms with Crippen molar-refractivity contribution in [3.63, 3.8) is 0 Å². The highest BCUT2D eigenvalue weighted by molar-refractivity contribution is 5.89. The van der Waals surface area contributed by atoms with Crippen LogP contribution in [-0.2, 0) is 4.74 Å². The first-order valence-electron chi connectivity index (χ1n) is 6.25. The van der Waals surface area contributed by atoms with Gasteiger partial charge >= 0.3 is 6.03 Å². The standard InChI is InChI=1S/C13H18FN3O2/c1-9-8-19-12(6-15)7-17(9)13(18)16-11-4-2-10(14)3-5-11/h2-5,9,12H,6-8,15H2,1H3,(H,16,18). The van der Waals surface area contributed by atoms with E-state index in [4.69, 9.17) is 10.5 Å². The van der Waals surface area contributed by atoms with Crippen LogP contribution in [-0.4, -0.2) is 42.8 Å². The highest BCUT2D eigenvalue weighted by Crippen LogP contribution is 2.14. The van der Waals surface area contributed by atoms with E-state index >= 15 is 0 Å². The van der Waals surface area contributed by atoms with Gasteiger partial charge in [-0.05, 0) is 31.2 Å². The Kier molecular flexibility index (Phi) is 4.34. The van der Waals surface area contributed by atoms with Crippen molar-refractivity contribution in [3.05, 3.63) is 30.1 Å². The van der Waals surface area contributed by atoms with E-state index in [-0.39, 0.29) is 24.0 Å². The van der Waals surface area contributed by atoms with Crippen LogP contribution < -0.4 is 11.1 Å². The number of carbonyl (C=O) groups excluding carboxylic acids is 1. The van der Waals surface area contributed by atoms with Crippen LogP contribution >= 0.6 is 0 Å². The van der Waals surface area contributed by atoms with Gasteiger partial charge in [0.1, 0.15) is 5.82 Å². The van der Waals surface area contributed by atoms with Gasteiger partial charge in [0.25, 0.3) is 0 Å². The Morgan fingerprint density at radius 1 is 1.53 bits per heavy atom. The molecule has 0 aromatic heterocycles. The second-order valence-electron chi connectivity index (χ2n) is 4.63. The highest BCUT2D eigenvalue weighted by atomic mass is 19.1. The molecule has 1 saturated heterocycles. The minimum Gasteiger partial charge on any atom is -0.373 e. The number of ether oxygens (including phenoxy) is 1. The third-order valence-electron chi connectivity index (χ3n) is 3.12. The Hall–Kier alpha value is -1.66. The quantitative estimate of drug-likeness (QED) is 0.851. The molecule has 1 aromatic carbocycles. The normalized spacial score (nSPS) is 23.2. The molecule has 0 aliphatic carbocycles. The molecular formula is C13H18FN3O2. The molecule has 3 N–H and O–H groups in total. The van der Waals surface area contributed by atoms with Crippen LogP contribution in [0.2, 0.25) is 0 Å². The fourth-order valence-corrected chi connectivity index (χ4v) is 1.97. The van der Waals surface area contributed by atoms with Crippen molar-refractivity contribution in [2.24, 2.45) is 5.73 Å². The summed E-state index contributed by atoms with van der Waals surface area (Å²) in [6, 6.07) is 5.43. The molecule has 2 atom stereocenters. The first kappa shape index (κ1) is 13.8. The summed E-state index contributed by atoms with van der Waals surface area (Å²) in [7, 11) is 0. The number of anilines is 1. The van der Waals surface area contributed by atoms with Crippen LogP contribution in [0.5, 0.6) is 0 Å². The number of urea groups is 1. The van der Waals surface area contributed by atoms with Gasteiger partial charge in [0.05, 0.1) is 25.3 Å². The maximum absolute atomic E-state index is 12.8. The molecule has 5 nitrogen and oxygen atoms in total. The van der Waals surface area contributed by atoms with E-state index in [1.165, 1.54) is 24.3 Å². The van der Waals surface area contributed by atoms with Crippen LogP contribution in [0.1, 0.15) is 6.92 Å². The molecule has 1 aliphatic heterocycles. The largest absolute Gasteiger partial charge is 0.373 e. The van der Waals surface area contributed by atoms with E-state index in [1.807, 2.05) is 6.92 Å². The van der Waals surface area contributed by atoms with E-state index in [2.05, 4.69) is 5.32 Å². The number of nitrogens with zero attached hydrogens (tertiary/aromatic N) is 1. The monoisotopic (exact) mass is 267 g/mol. The lowest BCUT2D eigenvalue weighted by Gasteiger charge is -2.37. The van der Waals surface area contributed by atoms with Crippen molar-refractivity contribution >= 4 is 11.7 Å². The molecule has 0 radical (unpaired) electrons. The molecule has 104 valence electrons. The zero-order valence-electron chi connectivity index (χ0n) is 10.8. The number of carbonyl (C=O) groups is 1. The summed E-state index contributed by atoms with van der Waals surface area (Å²) in [6.45, 7) is 3.23. The van der Waals surface area contributed by atoms with Crippen LogP contribution in [0.15, 0.2) is 24.3 Å². The minimum atomic E-state index is -0.332. The smallest absolute Gasteiger partial charge is 0.322 e. The molecule has 0 bridgehead atoms. The predicted molar refractivity (Wildman–Crippen MR) is 70.4 cm³/mol. The van der Waals surface area contributed by atoms with E-state index < -0.39 is 0 Å². The third kappa shape index (κ3) is 3.42. The average Bonchev–Trinajstić information content (AvgIpc) is 2.42. The molecule has 1 aliphatic rings. The molecule has 2 unspecified atom stereocenters. The predicted octanol–water partition coefficient (Wildman–Crippen LogP) is 1.41. The Bertz CT molecular complexity index is 438. The number of benzene rings is 1. The second-order valence-corrected chi connectivity index (χ2v) is 4.63. The summed E-state index contributed by atoms with van der Waals surface area (Å²) in [5, 5.41) is 2.74. The van der Waals surface area contributed by atoms with Crippen LogP contribution in [0.4, 0.5) is 14.9 Å². The highest BCUT2D eigenvalue weighted by Gasteiger charge is 2.28. The first-order valence-corrected chi connectivity index (χ1v) is 6.25. The zero-order chi connectivity index (χ0) is 13.8. The van der Waals surface area contributed by atoms with Gasteiger partial charge in [-0.2, -0.15) is 0 Å². The third-order valence-corrected chi connectivity index (χ3v) is 3.12. The number of morpholine rings is 1. The lowest BCUT2D eigenvalue weighted by atomic mass is 10.2. The Balaban J connectivity index is 2.00. The number of halogens is 1. The molecule has 19 heavy (non-hydrogen) atoms. The molecule has 0 spiro atoms. The average molecular weight is 267 g/mol. The van der Waals surface area contributed by atoms with Gasteiger partial charge in [0.2, 0.25) is 0 Å². The SMILES string of the molecule is CC1COC(CN)CN1C(=O)Nc1ccc(F)cc1. The summed E-state index contributed by atoms with van der Waals surface area (Å²) in [5.74, 6) is -0.332. The lowest BCUT2D eigenvalue weighted by molar-refractivity contribution is -0.0341. The van der Waals surface area contributed by atoms with Gasteiger partial charge in [-0.25, -0.2) is 9.18 Å². The van der Waals surface area contributed by atoms with E-state index in [0.717, 1.165) is 0 Å². The molecule has 0 saturated carbocycles. The van der Waals surface area contributed by atoms with Gasteiger partial charge in [0, 0.05) is 12.2 Å². The van der Waals surface area contributed by atoms with Crippen molar-refractivity contribution in [2.45, 2.75) is 19.1 Å². The number of nitrogens with one attached hydrogen (secondary N) is 1. The summed E-state index contributed by atoms with van der Waals surface area (Å²) in [5.41, 5.74) is 6.12. The van der Waals surface area contributed by atoms with E-state index in [9.17, 15) is 9.18 Å². The van der Waals surface area contributed by atoms with Crippen molar-refractivity contribution in [1.29, 1.82) is 0 Å². The van der Waals surface area contributed by atoms with Gasteiger partial charge in [0.15, 0.2) is 0 Å². The fourth-order valence-electron chi connectivity index (χ4n) is 1.97. The Morgan fingerprint density at radius 2 is 2.21 bits per heavy atom. The maximum atomic E-state index is 12.8. The van der Waals surface area contributed by atoms with Gasteiger partial charge in [-0.15, -0.1) is 0 Å². The topological polar surface area (TPSA) is 67.6 Å². The molecule has 2 amide bonds. The van der Waals surface area contributed by atoms with Gasteiger partial charge in [-0.3, -0.25) is 0 Å². The number of rotatable bonds is 2. The lowest BCUT2D eigenvalue weighted by Crippen LogP contribution is -2.54. The number of hydrogen-bond donors (Lipinski definition) is 2. The molecule has 1 heterocycles. The van der Waals surface area contributed by atoms with E-state index in [1.54, 1.807) is 4.90 Å². The molecule has 1 fully saturated rings. The first-order chi connectivity index (χ1) is 9.10. The van der Waals surface area contributed by atoms with Crippen molar-refractivity contribution < 1.29 is 13.9 Å². The van der Waals surface area contributed by atoms with Crippen LogP contribution in [0.25, 0.3) is 0 Å². The van der Waals surface area contributed by atoms with Crippen LogP contribution in [0.3, 0.4) is 0 Å². The minimum absolute atomic E-state index is 0.0109. The van der Waals surface area contributed by atoms with Gasteiger partial charge in [-0.1, -0.05) is 0 Å². The van der Waals surface area contributed by atoms with E-state index in [0.29, 0.717) is 25.4 Å². The number of hydrogen-bond acceptors (Lipinski definition) is 3. The Labute approximate surface area is 111 Å². The molecule has 1 aromatic rings.